The van der Waals surface area contributed by atoms with Crippen molar-refractivity contribution in [2.24, 2.45) is 7.05 Å². The SMILES string of the molecule is CN(C)C(=O)CN1CCN(Cc2nccn2C)[C@@H]2CS(=O)(=O)C[C@@H]21. The first kappa shape index (κ1) is 17.4. The van der Waals surface area contributed by atoms with Gasteiger partial charge in [-0.3, -0.25) is 14.6 Å². The molecule has 24 heavy (non-hydrogen) atoms. The van der Waals surface area contributed by atoms with E-state index in [9.17, 15) is 13.2 Å². The van der Waals surface area contributed by atoms with Crippen LogP contribution in [0.3, 0.4) is 0 Å². The summed E-state index contributed by atoms with van der Waals surface area (Å²) in [5.74, 6) is 1.23. The lowest BCUT2D eigenvalue weighted by Gasteiger charge is -2.43. The Hall–Kier alpha value is -1.45. The largest absolute Gasteiger partial charge is 0.348 e. The summed E-state index contributed by atoms with van der Waals surface area (Å²) < 4.78 is 26.4. The van der Waals surface area contributed by atoms with Gasteiger partial charge < -0.3 is 9.47 Å². The van der Waals surface area contributed by atoms with Crippen LogP contribution in [0.2, 0.25) is 0 Å². The molecule has 2 aliphatic heterocycles. The van der Waals surface area contributed by atoms with E-state index in [4.69, 9.17) is 0 Å². The summed E-state index contributed by atoms with van der Waals surface area (Å²) >= 11 is 0. The summed E-state index contributed by atoms with van der Waals surface area (Å²) in [5.41, 5.74) is 0. The second kappa shape index (κ2) is 6.45. The predicted molar refractivity (Wildman–Crippen MR) is 90.1 cm³/mol. The first-order valence-corrected chi connectivity index (χ1v) is 9.94. The zero-order valence-corrected chi connectivity index (χ0v) is 15.2. The van der Waals surface area contributed by atoms with Gasteiger partial charge in [0.15, 0.2) is 9.84 Å². The van der Waals surface area contributed by atoms with Gasteiger partial charge >= 0.3 is 0 Å². The Bertz CT molecular complexity index is 714. The Kier molecular flexibility index (Phi) is 4.67. The van der Waals surface area contributed by atoms with Gasteiger partial charge in [-0.1, -0.05) is 0 Å². The van der Waals surface area contributed by atoms with Crippen molar-refractivity contribution in [3.05, 3.63) is 18.2 Å². The van der Waals surface area contributed by atoms with Crippen LogP contribution in [0.4, 0.5) is 0 Å². The molecule has 1 aromatic rings. The standard InChI is InChI=1S/C15H25N5O3S/c1-17(2)15(21)9-20-7-6-19(8-14-16-4-5-18(14)3)12-10-24(22,23)11-13(12)20/h4-5,12-13H,6-11H2,1-3H3/t12-,13+/m1/s1. The molecule has 1 amide bonds. The van der Waals surface area contributed by atoms with E-state index in [0.717, 1.165) is 12.4 Å². The number of sulfone groups is 1. The van der Waals surface area contributed by atoms with E-state index in [2.05, 4.69) is 9.88 Å². The second-order valence-corrected chi connectivity index (χ2v) is 9.05. The number of imidazole rings is 1. The van der Waals surface area contributed by atoms with Gasteiger partial charge in [-0.25, -0.2) is 13.4 Å². The highest BCUT2D eigenvalue weighted by molar-refractivity contribution is 7.91. The van der Waals surface area contributed by atoms with E-state index in [0.29, 0.717) is 13.1 Å². The fourth-order valence-corrected chi connectivity index (χ4v) is 5.58. The van der Waals surface area contributed by atoms with Crippen LogP contribution in [-0.4, -0.2) is 95.9 Å². The molecule has 9 heteroatoms. The molecule has 1 aromatic heterocycles. The summed E-state index contributed by atoms with van der Waals surface area (Å²) in [5, 5.41) is 0. The van der Waals surface area contributed by atoms with Gasteiger partial charge in [0.2, 0.25) is 5.91 Å². The van der Waals surface area contributed by atoms with E-state index in [1.54, 1.807) is 25.2 Å². The minimum Gasteiger partial charge on any atom is -0.348 e. The van der Waals surface area contributed by atoms with Crippen molar-refractivity contribution >= 4 is 15.7 Å². The fraction of sp³-hybridized carbons (Fsp3) is 0.733. The molecule has 0 aromatic carbocycles. The highest BCUT2D eigenvalue weighted by atomic mass is 32.2. The molecular formula is C15H25N5O3S. The quantitative estimate of drug-likeness (QED) is 0.675. The number of carbonyl (C=O) groups excluding carboxylic acids is 1. The number of aromatic nitrogens is 2. The predicted octanol–water partition coefficient (Wildman–Crippen LogP) is -1.21. The highest BCUT2D eigenvalue weighted by Gasteiger charge is 2.47. The van der Waals surface area contributed by atoms with E-state index < -0.39 is 9.84 Å². The van der Waals surface area contributed by atoms with Crippen molar-refractivity contribution in [3.63, 3.8) is 0 Å². The molecule has 2 fully saturated rings. The summed E-state index contributed by atoms with van der Waals surface area (Å²) in [6, 6.07) is -0.191. The Labute approximate surface area is 143 Å². The van der Waals surface area contributed by atoms with Crippen molar-refractivity contribution in [1.29, 1.82) is 0 Å². The number of aryl methyl sites for hydroxylation is 1. The van der Waals surface area contributed by atoms with Crippen LogP contribution < -0.4 is 0 Å². The molecule has 2 atom stereocenters. The lowest BCUT2D eigenvalue weighted by atomic mass is 10.0. The molecule has 0 aliphatic carbocycles. The minimum absolute atomic E-state index is 0.00981. The number of hydrogen-bond donors (Lipinski definition) is 0. The first-order chi connectivity index (χ1) is 11.3. The first-order valence-electron chi connectivity index (χ1n) is 8.12. The van der Waals surface area contributed by atoms with Crippen LogP contribution in [0, 0.1) is 0 Å². The van der Waals surface area contributed by atoms with E-state index in [1.807, 2.05) is 22.7 Å². The molecule has 2 aliphatic rings. The molecule has 0 spiro atoms. The Morgan fingerprint density at radius 2 is 1.88 bits per heavy atom. The van der Waals surface area contributed by atoms with Gasteiger partial charge in [0.05, 0.1) is 24.6 Å². The molecule has 0 radical (unpaired) electrons. The number of hydrogen-bond acceptors (Lipinski definition) is 6. The van der Waals surface area contributed by atoms with Crippen molar-refractivity contribution < 1.29 is 13.2 Å². The normalized spacial score (nSPS) is 27.1. The Balaban J connectivity index is 1.77. The molecule has 2 saturated heterocycles. The topological polar surface area (TPSA) is 78.8 Å². The maximum absolute atomic E-state index is 12.2. The van der Waals surface area contributed by atoms with E-state index in [-0.39, 0.29) is 36.0 Å². The van der Waals surface area contributed by atoms with Crippen LogP contribution in [0.15, 0.2) is 12.4 Å². The van der Waals surface area contributed by atoms with Crippen LogP contribution >= 0.6 is 0 Å². The maximum Gasteiger partial charge on any atom is 0.236 e. The number of fused-ring (bicyclic) bond motifs is 1. The van der Waals surface area contributed by atoms with Gasteiger partial charge in [-0.15, -0.1) is 0 Å². The zero-order valence-electron chi connectivity index (χ0n) is 14.4. The summed E-state index contributed by atoms with van der Waals surface area (Å²) in [7, 11) is 2.32. The van der Waals surface area contributed by atoms with Crippen LogP contribution in [0.1, 0.15) is 5.82 Å². The smallest absolute Gasteiger partial charge is 0.236 e. The van der Waals surface area contributed by atoms with Crippen molar-refractivity contribution in [3.8, 4) is 0 Å². The van der Waals surface area contributed by atoms with E-state index >= 15 is 0 Å². The highest BCUT2D eigenvalue weighted by Crippen LogP contribution is 2.27. The van der Waals surface area contributed by atoms with Gasteiger partial charge in [0, 0.05) is 58.7 Å². The Morgan fingerprint density at radius 3 is 2.46 bits per heavy atom. The molecule has 0 unspecified atom stereocenters. The number of nitrogens with zero attached hydrogens (tertiary/aromatic N) is 5. The average Bonchev–Trinajstić information content (AvgIpc) is 3.04. The average molecular weight is 355 g/mol. The third-order valence-electron chi connectivity index (χ3n) is 5.01. The maximum atomic E-state index is 12.2. The number of likely N-dealkylation sites (N-methyl/N-ethyl adjacent to an activating group) is 1. The number of piperazine rings is 1. The number of rotatable bonds is 4. The minimum atomic E-state index is -3.08. The summed E-state index contributed by atoms with van der Waals surface area (Å²) in [6.07, 6.45) is 3.65. The molecule has 0 N–H and O–H groups in total. The van der Waals surface area contributed by atoms with E-state index in [1.165, 1.54) is 0 Å². The molecular weight excluding hydrogens is 330 g/mol. The molecule has 3 heterocycles. The molecule has 134 valence electrons. The third kappa shape index (κ3) is 3.47. The fourth-order valence-electron chi connectivity index (χ4n) is 3.53. The second-order valence-electron chi connectivity index (χ2n) is 6.90. The zero-order chi connectivity index (χ0) is 17.5. The third-order valence-corrected chi connectivity index (χ3v) is 6.71. The van der Waals surface area contributed by atoms with Gasteiger partial charge in [-0.05, 0) is 0 Å². The van der Waals surface area contributed by atoms with Crippen LogP contribution in [0.5, 0.6) is 0 Å². The van der Waals surface area contributed by atoms with Crippen molar-refractivity contribution in [1.82, 2.24) is 24.3 Å². The summed E-state index contributed by atoms with van der Waals surface area (Å²) in [6.45, 7) is 2.35. The lowest BCUT2D eigenvalue weighted by molar-refractivity contribution is -0.131. The molecule has 3 rings (SSSR count). The lowest BCUT2D eigenvalue weighted by Crippen LogP contribution is -2.60. The molecule has 0 saturated carbocycles. The van der Waals surface area contributed by atoms with Crippen molar-refractivity contribution in [2.75, 3.05) is 45.2 Å². The van der Waals surface area contributed by atoms with Crippen LogP contribution in [0.25, 0.3) is 0 Å². The van der Waals surface area contributed by atoms with Gasteiger partial charge in [0.1, 0.15) is 5.82 Å². The molecule has 0 bridgehead atoms. The Morgan fingerprint density at radius 1 is 1.25 bits per heavy atom. The number of carbonyl (C=O) groups is 1. The van der Waals surface area contributed by atoms with Crippen LogP contribution in [-0.2, 0) is 28.2 Å². The van der Waals surface area contributed by atoms with Gasteiger partial charge in [0.25, 0.3) is 0 Å². The monoisotopic (exact) mass is 355 g/mol. The summed E-state index contributed by atoms with van der Waals surface area (Å²) in [4.78, 5) is 22.2. The van der Waals surface area contributed by atoms with Gasteiger partial charge in [-0.2, -0.15) is 0 Å². The molecule has 8 nitrogen and oxygen atoms in total. The number of amides is 1. The van der Waals surface area contributed by atoms with Crippen molar-refractivity contribution in [2.45, 2.75) is 18.6 Å².